The van der Waals surface area contributed by atoms with Gasteiger partial charge in [0, 0.05) is 17.7 Å². The summed E-state index contributed by atoms with van der Waals surface area (Å²) >= 11 is 1.26. The molecule has 0 aliphatic heterocycles. The minimum Gasteiger partial charge on any atom is -0.317 e. The molecule has 104 valence electrons. The number of H-pyrrole nitrogens is 1. The average Bonchev–Trinajstić information content (AvgIpc) is 3.04. The van der Waals surface area contributed by atoms with E-state index in [2.05, 4.69) is 20.8 Å². The molecule has 0 radical (unpaired) electrons. The van der Waals surface area contributed by atoms with Gasteiger partial charge in [-0.2, -0.15) is 5.10 Å². The summed E-state index contributed by atoms with van der Waals surface area (Å²) in [6.07, 6.45) is 1.92. The third-order valence-corrected chi connectivity index (χ3v) is 3.97. The summed E-state index contributed by atoms with van der Waals surface area (Å²) in [5.74, 6) is 0.459. The van der Waals surface area contributed by atoms with E-state index in [0.29, 0.717) is 15.7 Å². The van der Waals surface area contributed by atoms with Gasteiger partial charge in [0.2, 0.25) is 5.91 Å². The van der Waals surface area contributed by atoms with Gasteiger partial charge in [-0.15, -0.1) is 11.3 Å². The highest BCUT2D eigenvalue weighted by molar-refractivity contribution is 7.18. The Kier molecular flexibility index (Phi) is 3.27. The van der Waals surface area contributed by atoms with Crippen molar-refractivity contribution in [2.75, 3.05) is 10.6 Å². The fraction of sp³-hybridized carbons (Fsp3) is 0.308. The van der Waals surface area contributed by atoms with Gasteiger partial charge in [0.25, 0.3) is 5.91 Å². The molecule has 2 aromatic heterocycles. The van der Waals surface area contributed by atoms with Crippen molar-refractivity contribution in [1.82, 2.24) is 10.2 Å². The number of thiophene rings is 1. The van der Waals surface area contributed by atoms with Crippen LogP contribution in [0.5, 0.6) is 0 Å². The van der Waals surface area contributed by atoms with Crippen LogP contribution in [0.3, 0.4) is 0 Å². The second-order valence-electron chi connectivity index (χ2n) is 4.82. The Balaban J connectivity index is 1.63. The van der Waals surface area contributed by atoms with Gasteiger partial charge in [-0.1, -0.05) is 0 Å². The lowest BCUT2D eigenvalue weighted by Crippen LogP contribution is -2.12. The van der Waals surface area contributed by atoms with Crippen LogP contribution >= 0.6 is 11.3 Å². The van der Waals surface area contributed by atoms with Crippen LogP contribution in [0.25, 0.3) is 0 Å². The zero-order chi connectivity index (χ0) is 14.1. The standard InChI is InChI=1S/C13H14N4O2S/c1-7-6-10(17-16-7)14-13(19)9-4-5-11(20-9)15-12(18)8-2-3-8/h4-6,8H,2-3H2,1H3,(H,15,18)(H2,14,16,17,19). The van der Waals surface area contributed by atoms with E-state index in [4.69, 9.17) is 0 Å². The van der Waals surface area contributed by atoms with Crippen molar-refractivity contribution in [3.8, 4) is 0 Å². The number of nitrogens with zero attached hydrogens (tertiary/aromatic N) is 1. The van der Waals surface area contributed by atoms with Crippen molar-refractivity contribution in [1.29, 1.82) is 0 Å². The summed E-state index contributed by atoms with van der Waals surface area (Å²) in [5.41, 5.74) is 0.879. The van der Waals surface area contributed by atoms with E-state index >= 15 is 0 Å². The molecule has 3 rings (SSSR count). The first-order chi connectivity index (χ1) is 9.61. The lowest BCUT2D eigenvalue weighted by molar-refractivity contribution is -0.117. The minimum absolute atomic E-state index is 0.0433. The Morgan fingerprint density at radius 1 is 1.35 bits per heavy atom. The molecule has 1 aliphatic rings. The summed E-state index contributed by atoms with van der Waals surface area (Å²) in [6, 6.07) is 5.19. The van der Waals surface area contributed by atoms with E-state index in [9.17, 15) is 9.59 Å². The number of aromatic nitrogens is 2. The third kappa shape index (κ3) is 2.88. The number of carbonyl (C=O) groups is 2. The highest BCUT2D eigenvalue weighted by Gasteiger charge is 2.29. The van der Waals surface area contributed by atoms with E-state index in [1.165, 1.54) is 11.3 Å². The number of aromatic amines is 1. The number of aryl methyl sites for hydroxylation is 1. The lowest BCUT2D eigenvalue weighted by Gasteiger charge is -2.00. The van der Waals surface area contributed by atoms with Gasteiger partial charge in [-0.3, -0.25) is 14.7 Å². The smallest absolute Gasteiger partial charge is 0.267 e. The maximum absolute atomic E-state index is 12.0. The van der Waals surface area contributed by atoms with Crippen LogP contribution in [0.1, 0.15) is 28.2 Å². The first-order valence-electron chi connectivity index (χ1n) is 6.36. The zero-order valence-corrected chi connectivity index (χ0v) is 11.7. The van der Waals surface area contributed by atoms with Crippen LogP contribution in [0.15, 0.2) is 18.2 Å². The number of nitrogens with one attached hydrogen (secondary N) is 3. The van der Waals surface area contributed by atoms with Crippen LogP contribution < -0.4 is 10.6 Å². The van der Waals surface area contributed by atoms with Gasteiger partial charge in [-0.25, -0.2) is 0 Å². The molecule has 3 N–H and O–H groups in total. The van der Waals surface area contributed by atoms with Crippen molar-refractivity contribution in [3.05, 3.63) is 28.8 Å². The minimum atomic E-state index is -0.228. The Hall–Kier alpha value is -2.15. The van der Waals surface area contributed by atoms with Crippen LogP contribution in [-0.2, 0) is 4.79 Å². The molecule has 0 unspecified atom stereocenters. The quantitative estimate of drug-likeness (QED) is 0.808. The summed E-state index contributed by atoms with van der Waals surface area (Å²) in [4.78, 5) is 24.2. The summed E-state index contributed by atoms with van der Waals surface area (Å²) in [7, 11) is 0. The third-order valence-electron chi connectivity index (χ3n) is 2.97. The zero-order valence-electron chi connectivity index (χ0n) is 10.9. The number of hydrogen-bond acceptors (Lipinski definition) is 4. The lowest BCUT2D eigenvalue weighted by atomic mass is 10.4. The number of carbonyl (C=O) groups excluding carboxylic acids is 2. The maximum Gasteiger partial charge on any atom is 0.267 e. The first kappa shape index (κ1) is 12.9. The molecule has 6 nitrogen and oxygen atoms in total. The topological polar surface area (TPSA) is 86.9 Å². The molecule has 1 saturated carbocycles. The van der Waals surface area contributed by atoms with E-state index in [1.54, 1.807) is 18.2 Å². The highest BCUT2D eigenvalue weighted by Crippen LogP contribution is 2.31. The normalized spacial score (nSPS) is 14.1. The second-order valence-corrected chi connectivity index (χ2v) is 5.90. The molecular formula is C13H14N4O2S. The largest absolute Gasteiger partial charge is 0.317 e. The van der Waals surface area contributed by atoms with Crippen molar-refractivity contribution in [2.24, 2.45) is 5.92 Å². The molecule has 0 saturated heterocycles. The Morgan fingerprint density at radius 3 is 2.80 bits per heavy atom. The predicted molar refractivity (Wildman–Crippen MR) is 77.0 cm³/mol. The van der Waals surface area contributed by atoms with Gasteiger partial charge < -0.3 is 10.6 Å². The van der Waals surface area contributed by atoms with Crippen LogP contribution in [0.2, 0.25) is 0 Å². The number of hydrogen-bond donors (Lipinski definition) is 3. The van der Waals surface area contributed by atoms with Crippen LogP contribution in [0.4, 0.5) is 10.8 Å². The summed E-state index contributed by atoms with van der Waals surface area (Å²) < 4.78 is 0. The van der Waals surface area contributed by atoms with E-state index < -0.39 is 0 Å². The van der Waals surface area contributed by atoms with Gasteiger partial charge in [0.1, 0.15) is 0 Å². The van der Waals surface area contributed by atoms with Crippen LogP contribution in [-0.4, -0.2) is 22.0 Å². The molecule has 20 heavy (non-hydrogen) atoms. The van der Waals surface area contributed by atoms with Crippen molar-refractivity contribution in [3.63, 3.8) is 0 Å². The van der Waals surface area contributed by atoms with Crippen molar-refractivity contribution in [2.45, 2.75) is 19.8 Å². The summed E-state index contributed by atoms with van der Waals surface area (Å²) in [5, 5.41) is 12.9. The van der Waals surface area contributed by atoms with E-state index in [0.717, 1.165) is 18.5 Å². The molecule has 0 spiro atoms. The number of amides is 2. The Morgan fingerprint density at radius 2 is 2.15 bits per heavy atom. The molecule has 0 bridgehead atoms. The van der Waals surface area contributed by atoms with Gasteiger partial charge in [-0.05, 0) is 31.9 Å². The molecular weight excluding hydrogens is 276 g/mol. The van der Waals surface area contributed by atoms with Gasteiger partial charge in [0.15, 0.2) is 5.82 Å². The van der Waals surface area contributed by atoms with Gasteiger partial charge >= 0.3 is 0 Å². The first-order valence-corrected chi connectivity index (χ1v) is 7.17. The van der Waals surface area contributed by atoms with Crippen LogP contribution in [0, 0.1) is 12.8 Å². The van der Waals surface area contributed by atoms with E-state index in [-0.39, 0.29) is 17.7 Å². The summed E-state index contributed by atoms with van der Waals surface area (Å²) in [6.45, 7) is 1.86. The monoisotopic (exact) mass is 290 g/mol. The van der Waals surface area contributed by atoms with Gasteiger partial charge in [0.05, 0.1) is 9.88 Å². The number of anilines is 2. The Bertz CT molecular complexity index is 657. The number of rotatable bonds is 4. The molecule has 2 amide bonds. The molecule has 0 atom stereocenters. The molecule has 2 heterocycles. The molecule has 7 heteroatoms. The predicted octanol–water partition coefficient (Wildman–Crippen LogP) is 2.38. The maximum atomic E-state index is 12.0. The Labute approximate surface area is 119 Å². The molecule has 1 fully saturated rings. The fourth-order valence-electron chi connectivity index (χ4n) is 1.76. The second kappa shape index (κ2) is 5.09. The molecule has 2 aromatic rings. The highest BCUT2D eigenvalue weighted by atomic mass is 32.1. The molecule has 0 aromatic carbocycles. The van der Waals surface area contributed by atoms with Crippen molar-refractivity contribution < 1.29 is 9.59 Å². The van der Waals surface area contributed by atoms with E-state index in [1.807, 2.05) is 6.92 Å². The molecule has 1 aliphatic carbocycles. The van der Waals surface area contributed by atoms with Crippen molar-refractivity contribution >= 4 is 34.0 Å². The SMILES string of the molecule is Cc1cc(NC(=O)c2ccc(NC(=O)C3CC3)s2)n[nH]1. The average molecular weight is 290 g/mol. The fourth-order valence-corrected chi connectivity index (χ4v) is 2.56.